The summed E-state index contributed by atoms with van der Waals surface area (Å²) in [7, 11) is 0. The topological polar surface area (TPSA) is 41.1 Å². The second-order valence-electron chi connectivity index (χ2n) is 3.94. The Morgan fingerprint density at radius 2 is 2.53 bits per heavy atom. The Hall–Kier alpha value is -0.0400. The third-order valence-electron chi connectivity index (χ3n) is 2.51. The maximum atomic E-state index is 11.7. The predicted octanol–water partition coefficient (Wildman–Crippen LogP) is 2.22. The third-order valence-corrected chi connectivity index (χ3v) is 5.34. The van der Waals surface area contributed by atoms with E-state index in [1.54, 1.807) is 11.3 Å². The molecule has 1 aliphatic heterocycles. The molecule has 0 saturated carbocycles. The summed E-state index contributed by atoms with van der Waals surface area (Å²) in [5.41, 5.74) is 0. The molecule has 1 atom stereocenters. The molecule has 3 nitrogen and oxygen atoms in total. The Morgan fingerprint density at radius 3 is 3.18 bits per heavy atom. The summed E-state index contributed by atoms with van der Waals surface area (Å²) in [5.74, 6) is 2.33. The first-order valence-electron chi connectivity index (χ1n) is 5.55. The van der Waals surface area contributed by atoms with Crippen LogP contribution in [0.5, 0.6) is 0 Å². The molecule has 1 amide bonds. The zero-order valence-corrected chi connectivity index (χ0v) is 12.6. The summed E-state index contributed by atoms with van der Waals surface area (Å²) in [6.07, 6.45) is 0.583. The van der Waals surface area contributed by atoms with E-state index in [0.29, 0.717) is 19.0 Å². The van der Waals surface area contributed by atoms with Crippen molar-refractivity contribution in [3.8, 4) is 0 Å². The van der Waals surface area contributed by atoms with E-state index < -0.39 is 0 Å². The zero-order chi connectivity index (χ0) is 12.1. The van der Waals surface area contributed by atoms with Gasteiger partial charge in [-0.15, -0.1) is 11.3 Å². The molecule has 0 aromatic carbocycles. The molecule has 1 saturated heterocycles. The van der Waals surface area contributed by atoms with Crippen LogP contribution in [-0.4, -0.2) is 30.0 Å². The Balaban J connectivity index is 1.70. The second-order valence-corrected chi connectivity index (χ2v) is 7.00. The zero-order valence-electron chi connectivity index (χ0n) is 9.37. The number of hydrogen-bond donors (Lipinski definition) is 2. The summed E-state index contributed by atoms with van der Waals surface area (Å²) in [4.78, 5) is 12.9. The van der Waals surface area contributed by atoms with Crippen molar-refractivity contribution in [2.75, 3.05) is 18.1 Å². The molecule has 94 valence electrons. The first-order valence-corrected chi connectivity index (χ1v) is 8.37. The molecule has 0 aliphatic carbocycles. The lowest BCUT2D eigenvalue weighted by atomic mass is 10.2. The van der Waals surface area contributed by atoms with Crippen LogP contribution in [0.2, 0.25) is 0 Å². The van der Waals surface area contributed by atoms with Gasteiger partial charge in [0.05, 0.1) is 6.54 Å². The van der Waals surface area contributed by atoms with Crippen LogP contribution in [0, 0.1) is 0 Å². The lowest BCUT2D eigenvalue weighted by Crippen LogP contribution is -2.41. The molecule has 1 aliphatic rings. The lowest BCUT2D eigenvalue weighted by molar-refractivity contribution is -0.121. The molecule has 2 N–H and O–H groups in total. The van der Waals surface area contributed by atoms with Crippen LogP contribution >= 0.6 is 39.0 Å². The van der Waals surface area contributed by atoms with Crippen LogP contribution < -0.4 is 10.6 Å². The summed E-state index contributed by atoms with van der Waals surface area (Å²) < 4.78 is 1.08. The van der Waals surface area contributed by atoms with Gasteiger partial charge in [-0.25, -0.2) is 0 Å². The van der Waals surface area contributed by atoms with E-state index >= 15 is 0 Å². The van der Waals surface area contributed by atoms with E-state index in [2.05, 4.69) is 26.6 Å². The normalized spacial score (nSPS) is 20.2. The third kappa shape index (κ3) is 4.62. The van der Waals surface area contributed by atoms with Gasteiger partial charge in [-0.2, -0.15) is 11.8 Å². The van der Waals surface area contributed by atoms with Gasteiger partial charge in [-0.3, -0.25) is 4.79 Å². The highest BCUT2D eigenvalue weighted by atomic mass is 79.9. The van der Waals surface area contributed by atoms with Gasteiger partial charge in [-0.05, 0) is 22.0 Å². The number of thioether (sulfide) groups is 1. The highest BCUT2D eigenvalue weighted by Gasteiger charge is 2.16. The first kappa shape index (κ1) is 13.4. The lowest BCUT2D eigenvalue weighted by Gasteiger charge is -2.22. The molecule has 1 aromatic rings. The van der Waals surface area contributed by atoms with E-state index in [1.165, 1.54) is 4.88 Å². The van der Waals surface area contributed by atoms with Crippen LogP contribution in [0.3, 0.4) is 0 Å². The average Bonchev–Trinajstić information content (AvgIpc) is 2.74. The van der Waals surface area contributed by atoms with E-state index in [-0.39, 0.29) is 5.91 Å². The van der Waals surface area contributed by atoms with E-state index in [1.807, 2.05) is 23.2 Å². The molecule has 2 rings (SSSR count). The average molecular weight is 335 g/mol. The van der Waals surface area contributed by atoms with Crippen molar-refractivity contribution in [3.63, 3.8) is 0 Å². The summed E-state index contributed by atoms with van der Waals surface area (Å²) in [5, 5.41) is 8.36. The van der Waals surface area contributed by atoms with Gasteiger partial charge < -0.3 is 10.6 Å². The quantitative estimate of drug-likeness (QED) is 0.887. The van der Waals surface area contributed by atoms with Gasteiger partial charge in [0, 0.05) is 45.2 Å². The van der Waals surface area contributed by atoms with Crippen molar-refractivity contribution in [2.24, 2.45) is 0 Å². The summed E-state index contributed by atoms with van der Waals surface area (Å²) >= 11 is 6.98. The molecule has 1 fully saturated rings. The van der Waals surface area contributed by atoms with Crippen LogP contribution in [0.15, 0.2) is 15.9 Å². The number of nitrogens with one attached hydrogen (secondary N) is 2. The molecule has 0 radical (unpaired) electrons. The van der Waals surface area contributed by atoms with Gasteiger partial charge in [-0.1, -0.05) is 0 Å². The smallest absolute Gasteiger partial charge is 0.221 e. The molecule has 0 bridgehead atoms. The van der Waals surface area contributed by atoms with Crippen LogP contribution in [0.1, 0.15) is 11.3 Å². The molecule has 1 unspecified atom stereocenters. The summed E-state index contributed by atoms with van der Waals surface area (Å²) in [6, 6.07) is 2.38. The first-order chi connectivity index (χ1) is 8.24. The number of thiophene rings is 1. The Bertz CT molecular complexity index is 377. The number of amides is 1. The van der Waals surface area contributed by atoms with Crippen molar-refractivity contribution in [1.29, 1.82) is 0 Å². The minimum absolute atomic E-state index is 0.134. The molecular weight excluding hydrogens is 320 g/mol. The van der Waals surface area contributed by atoms with Gasteiger partial charge in [0.25, 0.3) is 0 Å². The van der Waals surface area contributed by atoms with Gasteiger partial charge in [0.15, 0.2) is 0 Å². The molecule has 2 heterocycles. The molecule has 1 aromatic heterocycles. The van der Waals surface area contributed by atoms with Gasteiger partial charge >= 0.3 is 0 Å². The largest absolute Gasteiger partial charge is 0.351 e. The maximum absolute atomic E-state index is 11.7. The molecular formula is C11H15BrN2OS2. The highest BCUT2D eigenvalue weighted by molar-refractivity contribution is 9.10. The van der Waals surface area contributed by atoms with Crippen molar-refractivity contribution < 1.29 is 4.79 Å². The maximum Gasteiger partial charge on any atom is 0.221 e. The number of carbonyl (C=O) groups is 1. The minimum atomic E-state index is 0.134. The Labute approximate surface area is 118 Å². The minimum Gasteiger partial charge on any atom is -0.351 e. The highest BCUT2D eigenvalue weighted by Crippen LogP contribution is 2.19. The Kier molecular flexibility index (Phi) is 5.34. The van der Waals surface area contributed by atoms with Crippen molar-refractivity contribution in [3.05, 3.63) is 20.8 Å². The SMILES string of the molecule is O=C(CC1CSCCN1)NCc1cc(Br)cs1. The van der Waals surface area contributed by atoms with Crippen molar-refractivity contribution in [1.82, 2.24) is 10.6 Å². The van der Waals surface area contributed by atoms with Gasteiger partial charge in [0.1, 0.15) is 0 Å². The van der Waals surface area contributed by atoms with Crippen molar-refractivity contribution in [2.45, 2.75) is 19.0 Å². The van der Waals surface area contributed by atoms with Crippen LogP contribution in [0.4, 0.5) is 0 Å². The molecule has 6 heteroatoms. The number of carbonyl (C=O) groups excluding carboxylic acids is 1. The van der Waals surface area contributed by atoms with Gasteiger partial charge in [0.2, 0.25) is 5.91 Å². The van der Waals surface area contributed by atoms with Crippen molar-refractivity contribution >= 4 is 44.9 Å². The fourth-order valence-corrected chi connectivity index (χ4v) is 4.02. The number of hydrogen-bond acceptors (Lipinski definition) is 4. The standard InChI is InChI=1S/C11H15BrN2OS2/c12-8-3-10(17-6-8)5-14-11(15)4-9-7-16-2-1-13-9/h3,6,9,13H,1-2,4-5,7H2,(H,14,15). The summed E-state index contributed by atoms with van der Waals surface area (Å²) in [6.45, 7) is 1.65. The molecule has 0 spiro atoms. The van der Waals surface area contributed by atoms with Crippen LogP contribution in [0.25, 0.3) is 0 Å². The molecule has 17 heavy (non-hydrogen) atoms. The second kappa shape index (κ2) is 6.78. The fourth-order valence-electron chi connectivity index (χ4n) is 1.68. The van der Waals surface area contributed by atoms with E-state index in [4.69, 9.17) is 0 Å². The van der Waals surface area contributed by atoms with Crippen LogP contribution in [-0.2, 0) is 11.3 Å². The monoisotopic (exact) mass is 334 g/mol. The van der Waals surface area contributed by atoms with E-state index in [9.17, 15) is 4.79 Å². The fraction of sp³-hybridized carbons (Fsp3) is 0.545. The van der Waals surface area contributed by atoms with E-state index in [0.717, 1.165) is 22.5 Å². The number of halogens is 1. The Morgan fingerprint density at radius 1 is 1.65 bits per heavy atom. The predicted molar refractivity (Wildman–Crippen MR) is 77.6 cm³/mol. The number of rotatable bonds is 4.